The number of benzene rings is 1. The molecular formula is C18H24AsN4O9S. The fraction of sp³-hybridized carbons (Fsp3) is 0.389. The van der Waals surface area contributed by atoms with E-state index in [2.05, 4.69) is 16.0 Å². The Balaban J connectivity index is 2.67. The molecule has 1 radical (unpaired) electrons. The fourth-order valence-corrected chi connectivity index (χ4v) is 4.35. The van der Waals surface area contributed by atoms with Crippen molar-refractivity contribution in [1.82, 2.24) is 10.6 Å². The molecule has 0 aromatic heterocycles. The number of carboxylic acids is 2. The second kappa shape index (κ2) is 14.4. The van der Waals surface area contributed by atoms with Crippen molar-refractivity contribution >= 4 is 66.4 Å². The number of carbonyl (C=O) groups is 5. The maximum atomic E-state index is 12.2. The Kier molecular flexibility index (Phi) is 12.3. The second-order valence-electron chi connectivity index (χ2n) is 6.57. The molecular weight excluding hydrogens is 523 g/mol. The summed E-state index contributed by atoms with van der Waals surface area (Å²) in [6, 6.07) is 3.58. The maximum absolute atomic E-state index is 12.2. The van der Waals surface area contributed by atoms with Crippen LogP contribution < -0.4 is 26.0 Å². The number of hydrogen-bond donors (Lipinski definition) is 7. The van der Waals surface area contributed by atoms with Crippen LogP contribution in [0.4, 0.5) is 5.69 Å². The zero-order chi connectivity index (χ0) is 25.0. The smallest absolute Gasteiger partial charge is 0.480 e. The molecule has 0 saturated carbocycles. The van der Waals surface area contributed by atoms with E-state index in [9.17, 15) is 31.8 Å². The number of anilines is 1. The summed E-state index contributed by atoms with van der Waals surface area (Å²) in [6.07, 6.45) is -0.450. The van der Waals surface area contributed by atoms with Crippen molar-refractivity contribution in [1.29, 1.82) is 0 Å². The van der Waals surface area contributed by atoms with Gasteiger partial charge in [-0.3, -0.25) is 9.59 Å². The molecule has 15 heteroatoms. The van der Waals surface area contributed by atoms with Crippen LogP contribution in [0.5, 0.6) is 0 Å². The Bertz CT molecular complexity index is 915. The fourth-order valence-electron chi connectivity index (χ4n) is 2.35. The summed E-state index contributed by atoms with van der Waals surface area (Å²) in [6.45, 7) is -0.682. The van der Waals surface area contributed by atoms with Gasteiger partial charge in [-0.2, -0.15) is 0 Å². The number of nitrogens with two attached hydrogens (primary N) is 1. The van der Waals surface area contributed by atoms with E-state index in [4.69, 9.17) is 15.9 Å². The first-order valence-electron chi connectivity index (χ1n) is 9.41. The van der Waals surface area contributed by atoms with E-state index in [1.165, 1.54) is 12.1 Å². The van der Waals surface area contributed by atoms with Gasteiger partial charge in [0, 0.05) is 0 Å². The first kappa shape index (κ1) is 28.2. The molecule has 1 aromatic rings. The van der Waals surface area contributed by atoms with Crippen molar-refractivity contribution in [3.05, 3.63) is 24.3 Å². The average Bonchev–Trinajstić information content (AvgIpc) is 2.75. The molecule has 0 bridgehead atoms. The van der Waals surface area contributed by atoms with E-state index in [-0.39, 0.29) is 34.4 Å². The Hall–Kier alpha value is -2.80. The first-order chi connectivity index (χ1) is 15.5. The van der Waals surface area contributed by atoms with Crippen molar-refractivity contribution in [2.75, 3.05) is 23.4 Å². The quantitative estimate of drug-likeness (QED) is 0.119. The van der Waals surface area contributed by atoms with E-state index >= 15 is 0 Å². The Morgan fingerprint density at radius 1 is 1.09 bits per heavy atom. The molecule has 1 aromatic carbocycles. The van der Waals surface area contributed by atoms with Crippen LogP contribution in [0.1, 0.15) is 12.8 Å². The van der Waals surface area contributed by atoms with Gasteiger partial charge in [0.25, 0.3) is 0 Å². The summed E-state index contributed by atoms with van der Waals surface area (Å²) in [5, 5.41) is 24.5. The third-order valence-electron chi connectivity index (χ3n) is 3.97. The minimum Gasteiger partial charge on any atom is -0.480 e. The van der Waals surface area contributed by atoms with Crippen molar-refractivity contribution in [3.8, 4) is 0 Å². The van der Waals surface area contributed by atoms with Gasteiger partial charge in [0.1, 0.15) is 6.04 Å². The summed E-state index contributed by atoms with van der Waals surface area (Å²) >= 11 is -2.52. The van der Waals surface area contributed by atoms with Gasteiger partial charge in [-0.25, -0.2) is 0 Å². The molecule has 8 N–H and O–H groups in total. The molecule has 0 heterocycles. The number of rotatable bonds is 14. The standard InChI is InChI=1S/C18H24AsN4O9S/c20-11(18(29)30)5-6-14(24)23-13(17(28)21-7-16(26)27)8-33-9-15(25)22-12-4-2-1-3-10(12)19(31)32/h1-4,11,13H,5-9,20H2,(H,21,28)(H,22,25)(H,23,24)(H,26,27)(H,29,30)(H,31,32)/t11-,13-/m0/s1. The molecule has 1 unspecified atom stereocenters. The van der Waals surface area contributed by atoms with Crippen molar-refractivity contribution < 1.29 is 42.0 Å². The molecule has 1 rings (SSSR count). The molecule has 3 atom stereocenters. The van der Waals surface area contributed by atoms with Crippen LogP contribution in [0.3, 0.4) is 0 Å². The van der Waals surface area contributed by atoms with Crippen molar-refractivity contribution in [2.45, 2.75) is 24.9 Å². The first-order valence-corrected chi connectivity index (χ1v) is 13.1. The minimum absolute atomic E-state index is 0.101. The number of carboxylic acid groups (broad SMARTS) is 2. The van der Waals surface area contributed by atoms with Gasteiger partial charge < -0.3 is 15.9 Å². The van der Waals surface area contributed by atoms with Crippen LogP contribution in [0, 0.1) is 0 Å². The molecule has 0 spiro atoms. The van der Waals surface area contributed by atoms with E-state index < -0.39 is 63.2 Å². The molecule has 3 amide bonds. The number of hydrogen-bond acceptors (Lipinski definition) is 8. The Labute approximate surface area is 197 Å². The van der Waals surface area contributed by atoms with Crippen LogP contribution in [0.2, 0.25) is 0 Å². The third-order valence-corrected chi connectivity index (χ3v) is 6.69. The summed E-state index contributed by atoms with van der Waals surface area (Å²) in [5.41, 5.74) is 5.53. The summed E-state index contributed by atoms with van der Waals surface area (Å²) in [5.74, 6) is -4.84. The number of aliphatic carboxylic acids is 2. The number of nitrogens with one attached hydrogen (secondary N) is 3. The van der Waals surface area contributed by atoms with Gasteiger partial charge >= 0.3 is 166 Å². The Morgan fingerprint density at radius 2 is 1.76 bits per heavy atom. The predicted octanol–water partition coefficient (Wildman–Crippen LogP) is -2.65. The van der Waals surface area contributed by atoms with Gasteiger partial charge in [-0.1, -0.05) is 0 Å². The molecule has 0 aliphatic heterocycles. The van der Waals surface area contributed by atoms with E-state index in [0.717, 1.165) is 11.8 Å². The van der Waals surface area contributed by atoms with Crippen LogP contribution >= 0.6 is 11.8 Å². The second-order valence-corrected chi connectivity index (χ2v) is 9.75. The number of amides is 3. The third kappa shape index (κ3) is 11.1. The van der Waals surface area contributed by atoms with Crippen LogP contribution in [0.15, 0.2) is 24.3 Å². The number of thioether (sulfide) groups is 1. The van der Waals surface area contributed by atoms with E-state index in [0.29, 0.717) is 0 Å². The Morgan fingerprint density at radius 3 is 2.36 bits per heavy atom. The summed E-state index contributed by atoms with van der Waals surface area (Å²) in [7, 11) is 0. The topological polar surface area (TPSA) is 225 Å². The average molecular weight is 547 g/mol. The van der Waals surface area contributed by atoms with E-state index in [1.54, 1.807) is 12.1 Å². The molecule has 0 aliphatic rings. The number of carbonyl (C=O) groups excluding carboxylic acids is 3. The zero-order valence-corrected chi connectivity index (χ0v) is 19.9. The molecule has 181 valence electrons. The van der Waals surface area contributed by atoms with Crippen LogP contribution in [-0.2, 0) is 27.7 Å². The van der Waals surface area contributed by atoms with Gasteiger partial charge in [-0.05, 0) is 0 Å². The molecule has 0 saturated heterocycles. The monoisotopic (exact) mass is 547 g/mol. The zero-order valence-electron chi connectivity index (χ0n) is 17.2. The predicted molar refractivity (Wildman–Crippen MR) is 118 cm³/mol. The van der Waals surface area contributed by atoms with E-state index in [1.807, 2.05) is 0 Å². The molecule has 13 nitrogen and oxygen atoms in total. The van der Waals surface area contributed by atoms with Crippen molar-refractivity contribution in [2.24, 2.45) is 5.73 Å². The summed E-state index contributed by atoms with van der Waals surface area (Å²) < 4.78 is 20.9. The molecule has 0 fully saturated rings. The van der Waals surface area contributed by atoms with Gasteiger partial charge in [0.2, 0.25) is 0 Å². The SMILES string of the molecule is N[C@@H](CCC(=O)N[C@@H](CSCC(=O)Nc1ccccc1[As](=O)O)C(=O)NCC(=O)O)C(=O)O. The van der Waals surface area contributed by atoms with Gasteiger partial charge in [-0.15, -0.1) is 0 Å². The number of para-hydroxylation sites is 1. The summed E-state index contributed by atoms with van der Waals surface area (Å²) in [4.78, 5) is 57.9. The van der Waals surface area contributed by atoms with Crippen LogP contribution in [0.25, 0.3) is 0 Å². The van der Waals surface area contributed by atoms with Crippen LogP contribution in [-0.4, -0.2) is 89.0 Å². The molecule has 0 aliphatic carbocycles. The molecule has 33 heavy (non-hydrogen) atoms. The van der Waals surface area contributed by atoms with Crippen molar-refractivity contribution in [3.63, 3.8) is 0 Å². The normalized spacial score (nSPS) is 12.7. The van der Waals surface area contributed by atoms with Gasteiger partial charge in [0.15, 0.2) is 0 Å². The van der Waals surface area contributed by atoms with Gasteiger partial charge in [0.05, 0.1) is 0 Å². The minimum atomic E-state index is -3.47.